The van der Waals surface area contributed by atoms with Crippen LogP contribution in [0.15, 0.2) is 41.6 Å². The molecule has 0 fully saturated rings. The van der Waals surface area contributed by atoms with Gasteiger partial charge in [-0.25, -0.2) is 9.97 Å². The van der Waals surface area contributed by atoms with Gasteiger partial charge in [0.15, 0.2) is 10.8 Å². The van der Waals surface area contributed by atoms with Crippen LogP contribution in [0.4, 0.5) is 10.8 Å². The number of aromatic nitrogens is 2. The van der Waals surface area contributed by atoms with Crippen LogP contribution in [0.1, 0.15) is 36.2 Å². The Labute approximate surface area is 137 Å². The molecule has 0 saturated heterocycles. The first-order valence-electron chi connectivity index (χ1n) is 7.40. The minimum Gasteiger partial charge on any atom is -0.320 e. The second-order valence-electron chi connectivity index (χ2n) is 5.12. The number of pyridine rings is 1. The van der Waals surface area contributed by atoms with Crippen molar-refractivity contribution in [3.05, 3.63) is 47.2 Å². The van der Waals surface area contributed by atoms with E-state index >= 15 is 0 Å². The molecule has 0 aromatic carbocycles. The number of hydrogen-bond acceptors (Lipinski definition) is 5. The van der Waals surface area contributed by atoms with E-state index in [4.69, 9.17) is 0 Å². The topological polar surface area (TPSA) is 84.0 Å². The van der Waals surface area contributed by atoms with Gasteiger partial charge in [-0.2, -0.15) is 0 Å². The Morgan fingerprint density at radius 3 is 2.74 bits per heavy atom. The second kappa shape index (κ2) is 7.15. The molecule has 2 aromatic rings. The van der Waals surface area contributed by atoms with Crippen molar-refractivity contribution in [2.45, 2.75) is 25.7 Å². The summed E-state index contributed by atoms with van der Waals surface area (Å²) in [4.78, 5) is 32.7. The minimum atomic E-state index is -0.395. The third-order valence-electron chi connectivity index (χ3n) is 3.51. The van der Waals surface area contributed by atoms with Crippen molar-refractivity contribution < 1.29 is 9.59 Å². The highest BCUT2D eigenvalue weighted by atomic mass is 32.1. The van der Waals surface area contributed by atoms with E-state index in [9.17, 15) is 9.59 Å². The molecule has 0 radical (unpaired) electrons. The van der Waals surface area contributed by atoms with E-state index in [0.29, 0.717) is 10.8 Å². The number of nitrogens with one attached hydrogen (secondary N) is 2. The summed E-state index contributed by atoms with van der Waals surface area (Å²) in [6.07, 6.45) is 8.92. The predicted molar refractivity (Wildman–Crippen MR) is 89.5 cm³/mol. The maximum absolute atomic E-state index is 12.3. The number of amides is 2. The molecule has 0 saturated carbocycles. The Hall–Kier alpha value is -2.54. The third kappa shape index (κ3) is 3.81. The second-order valence-corrected chi connectivity index (χ2v) is 6.01. The molecule has 0 bridgehead atoms. The summed E-state index contributed by atoms with van der Waals surface area (Å²) in [7, 11) is 0. The lowest BCUT2D eigenvalue weighted by molar-refractivity contribution is -0.113. The van der Waals surface area contributed by atoms with E-state index in [1.807, 2.05) is 6.08 Å². The molecular formula is C16H16N4O2S. The zero-order valence-corrected chi connectivity index (χ0v) is 13.2. The molecule has 3 rings (SSSR count). The van der Waals surface area contributed by atoms with Crippen molar-refractivity contribution >= 4 is 34.0 Å². The van der Waals surface area contributed by atoms with Crippen LogP contribution < -0.4 is 10.6 Å². The van der Waals surface area contributed by atoms with Gasteiger partial charge >= 0.3 is 0 Å². The highest BCUT2D eigenvalue weighted by molar-refractivity contribution is 7.13. The molecular weight excluding hydrogens is 312 g/mol. The van der Waals surface area contributed by atoms with Gasteiger partial charge in [0.25, 0.3) is 11.8 Å². The van der Waals surface area contributed by atoms with Crippen LogP contribution in [0.5, 0.6) is 0 Å². The molecule has 118 valence electrons. The lowest BCUT2D eigenvalue weighted by Gasteiger charge is -2.14. The van der Waals surface area contributed by atoms with Gasteiger partial charge < -0.3 is 5.32 Å². The molecule has 23 heavy (non-hydrogen) atoms. The Morgan fingerprint density at radius 1 is 1.09 bits per heavy atom. The molecule has 0 atom stereocenters. The molecule has 0 unspecified atom stereocenters. The smallest absolute Gasteiger partial charge is 0.278 e. The van der Waals surface area contributed by atoms with Crippen molar-refractivity contribution in [2.24, 2.45) is 0 Å². The maximum atomic E-state index is 12.3. The molecule has 6 nitrogen and oxygen atoms in total. The summed E-state index contributed by atoms with van der Waals surface area (Å²) in [5.41, 5.74) is 1.34. The highest BCUT2D eigenvalue weighted by Gasteiger charge is 2.18. The normalized spacial score (nSPS) is 14.0. The van der Waals surface area contributed by atoms with E-state index in [0.717, 1.165) is 31.3 Å². The van der Waals surface area contributed by atoms with Gasteiger partial charge in [-0.1, -0.05) is 6.08 Å². The average Bonchev–Trinajstić information content (AvgIpc) is 3.09. The first-order valence-corrected chi connectivity index (χ1v) is 8.28. The van der Waals surface area contributed by atoms with Crippen molar-refractivity contribution in [3.8, 4) is 0 Å². The standard InChI is InChI=1S/C16H16N4O2S/c21-14(11-5-2-1-3-6-11)19-12-7-4-8-17-13(12)15(22)20-16-18-9-10-23-16/h4-5,7-10H,1-3,6H2,(H,19,21)(H,18,20,22). The Kier molecular flexibility index (Phi) is 4.77. The van der Waals surface area contributed by atoms with Crippen LogP contribution >= 0.6 is 11.3 Å². The number of nitrogens with zero attached hydrogens (tertiary/aromatic N) is 2. The monoisotopic (exact) mass is 328 g/mol. The lowest BCUT2D eigenvalue weighted by Crippen LogP contribution is -2.21. The summed E-state index contributed by atoms with van der Waals surface area (Å²) in [5.74, 6) is -0.561. The van der Waals surface area contributed by atoms with Gasteiger partial charge in [-0.3, -0.25) is 14.9 Å². The molecule has 1 aliphatic rings. The number of anilines is 2. The molecule has 0 aliphatic heterocycles. The first-order chi connectivity index (χ1) is 11.2. The van der Waals surface area contributed by atoms with E-state index in [1.54, 1.807) is 23.7 Å². The van der Waals surface area contributed by atoms with Gasteiger partial charge in [-0.15, -0.1) is 11.3 Å². The number of allylic oxidation sites excluding steroid dienone is 1. The average molecular weight is 328 g/mol. The number of carbonyl (C=O) groups is 2. The number of hydrogen-bond donors (Lipinski definition) is 2. The summed E-state index contributed by atoms with van der Waals surface area (Å²) >= 11 is 1.32. The Bertz CT molecular complexity index is 740. The zero-order valence-electron chi connectivity index (χ0n) is 12.4. The SMILES string of the molecule is O=C(Nc1cccnc1C(=O)Nc1nccs1)C1=CCCCC1. The van der Waals surface area contributed by atoms with E-state index < -0.39 is 5.91 Å². The van der Waals surface area contributed by atoms with E-state index in [1.165, 1.54) is 17.5 Å². The van der Waals surface area contributed by atoms with Gasteiger partial charge in [-0.05, 0) is 37.8 Å². The van der Waals surface area contributed by atoms with Crippen molar-refractivity contribution in [1.29, 1.82) is 0 Å². The fourth-order valence-corrected chi connectivity index (χ4v) is 2.90. The summed E-state index contributed by atoms with van der Waals surface area (Å²) < 4.78 is 0. The molecule has 2 aromatic heterocycles. The van der Waals surface area contributed by atoms with Crippen molar-refractivity contribution in [1.82, 2.24) is 9.97 Å². The van der Waals surface area contributed by atoms with E-state index in [2.05, 4.69) is 20.6 Å². The van der Waals surface area contributed by atoms with Crippen molar-refractivity contribution in [3.63, 3.8) is 0 Å². The molecule has 1 aliphatic carbocycles. The van der Waals surface area contributed by atoms with E-state index in [-0.39, 0.29) is 11.6 Å². The fraction of sp³-hybridized carbons (Fsp3) is 0.250. The minimum absolute atomic E-state index is 0.166. The van der Waals surface area contributed by atoms with Gasteiger partial charge in [0.1, 0.15) is 0 Å². The molecule has 0 spiro atoms. The molecule has 7 heteroatoms. The van der Waals surface area contributed by atoms with Crippen LogP contribution in [-0.4, -0.2) is 21.8 Å². The van der Waals surface area contributed by atoms with Gasteiger partial charge in [0, 0.05) is 23.3 Å². The van der Waals surface area contributed by atoms with Crippen LogP contribution in [0.25, 0.3) is 0 Å². The largest absolute Gasteiger partial charge is 0.320 e. The quantitative estimate of drug-likeness (QED) is 0.902. The maximum Gasteiger partial charge on any atom is 0.278 e. The van der Waals surface area contributed by atoms with Gasteiger partial charge in [0.05, 0.1) is 5.69 Å². The molecule has 2 heterocycles. The summed E-state index contributed by atoms with van der Waals surface area (Å²) in [6.45, 7) is 0. The molecule has 2 amide bonds. The summed E-state index contributed by atoms with van der Waals surface area (Å²) in [5, 5.41) is 7.73. The van der Waals surface area contributed by atoms with Crippen LogP contribution in [-0.2, 0) is 4.79 Å². The number of rotatable bonds is 4. The Balaban J connectivity index is 1.76. The highest BCUT2D eigenvalue weighted by Crippen LogP contribution is 2.21. The third-order valence-corrected chi connectivity index (χ3v) is 4.19. The summed E-state index contributed by atoms with van der Waals surface area (Å²) in [6, 6.07) is 3.36. The zero-order chi connectivity index (χ0) is 16.1. The van der Waals surface area contributed by atoms with Crippen LogP contribution in [0, 0.1) is 0 Å². The number of thiazole rings is 1. The van der Waals surface area contributed by atoms with Crippen molar-refractivity contribution in [2.75, 3.05) is 10.6 Å². The predicted octanol–water partition coefficient (Wildman–Crippen LogP) is 3.23. The molecule has 2 N–H and O–H groups in total. The van der Waals surface area contributed by atoms with Crippen LogP contribution in [0.2, 0.25) is 0 Å². The number of carbonyl (C=O) groups excluding carboxylic acids is 2. The first kappa shape index (κ1) is 15.4. The fourth-order valence-electron chi connectivity index (χ4n) is 2.38. The lowest BCUT2D eigenvalue weighted by atomic mass is 9.99. The van der Waals surface area contributed by atoms with Crippen LogP contribution in [0.3, 0.4) is 0 Å². The Morgan fingerprint density at radius 2 is 2.00 bits per heavy atom. The van der Waals surface area contributed by atoms with Gasteiger partial charge in [0.2, 0.25) is 0 Å².